The van der Waals surface area contributed by atoms with Crippen molar-refractivity contribution in [2.75, 3.05) is 33.8 Å². The largest absolute Gasteiger partial charge is 0.466 e. The lowest BCUT2D eigenvalue weighted by molar-refractivity contribution is -0.148. The third kappa shape index (κ3) is 3.48. The van der Waals surface area contributed by atoms with Crippen molar-refractivity contribution >= 4 is 11.9 Å². The molecule has 1 unspecified atom stereocenters. The molecule has 0 saturated carbocycles. The van der Waals surface area contributed by atoms with E-state index in [1.807, 2.05) is 14.1 Å². The number of likely N-dealkylation sites (N-methyl/N-ethyl adjacent to an activating group) is 1. The highest BCUT2D eigenvalue weighted by atomic mass is 16.5. The molecule has 1 atom stereocenters. The number of likely N-dealkylation sites (tertiary alicyclic amines) is 1. The van der Waals surface area contributed by atoms with Crippen LogP contribution in [0.25, 0.3) is 0 Å². The van der Waals surface area contributed by atoms with Crippen LogP contribution in [0.3, 0.4) is 0 Å². The van der Waals surface area contributed by atoms with Gasteiger partial charge in [-0.1, -0.05) is 0 Å². The number of esters is 1. The molecule has 1 amide bonds. The molecule has 92 valence electrons. The Balaban J connectivity index is 2.36. The van der Waals surface area contributed by atoms with E-state index in [-0.39, 0.29) is 12.3 Å². The molecule has 1 aliphatic heterocycles. The van der Waals surface area contributed by atoms with Crippen LogP contribution in [0.4, 0.5) is 0 Å². The minimum atomic E-state index is -0.430. The molecular weight excluding hydrogens is 208 g/mol. The van der Waals surface area contributed by atoms with Gasteiger partial charge < -0.3 is 14.5 Å². The SMILES string of the molecule is CCOC(=O)CC(=O)N1CCC(N(C)C)C1. The highest BCUT2D eigenvalue weighted by Crippen LogP contribution is 2.14. The Morgan fingerprint density at radius 1 is 1.44 bits per heavy atom. The molecular formula is C11H20N2O3. The summed E-state index contributed by atoms with van der Waals surface area (Å²) in [4.78, 5) is 26.7. The van der Waals surface area contributed by atoms with Crippen LogP contribution in [-0.4, -0.2) is 61.5 Å². The molecule has 0 aromatic rings. The van der Waals surface area contributed by atoms with E-state index in [9.17, 15) is 9.59 Å². The number of hydrogen-bond acceptors (Lipinski definition) is 4. The molecule has 0 bridgehead atoms. The van der Waals surface area contributed by atoms with Crippen LogP contribution in [0.15, 0.2) is 0 Å². The number of hydrogen-bond donors (Lipinski definition) is 0. The second kappa shape index (κ2) is 5.84. The van der Waals surface area contributed by atoms with Crippen molar-refractivity contribution in [2.24, 2.45) is 0 Å². The van der Waals surface area contributed by atoms with Gasteiger partial charge in [0.15, 0.2) is 0 Å². The lowest BCUT2D eigenvalue weighted by Crippen LogP contribution is -2.35. The molecule has 1 aliphatic rings. The fourth-order valence-electron chi connectivity index (χ4n) is 1.84. The van der Waals surface area contributed by atoms with E-state index in [0.29, 0.717) is 19.2 Å². The first kappa shape index (κ1) is 13.0. The maximum absolute atomic E-state index is 11.7. The van der Waals surface area contributed by atoms with E-state index in [4.69, 9.17) is 4.74 Å². The first-order chi connectivity index (χ1) is 7.54. The lowest BCUT2D eigenvalue weighted by Gasteiger charge is -2.20. The van der Waals surface area contributed by atoms with E-state index in [1.54, 1.807) is 11.8 Å². The average molecular weight is 228 g/mol. The van der Waals surface area contributed by atoms with Crippen LogP contribution < -0.4 is 0 Å². The van der Waals surface area contributed by atoms with Crippen LogP contribution in [0.2, 0.25) is 0 Å². The molecule has 0 aromatic carbocycles. The normalized spacial score (nSPS) is 20.2. The molecule has 0 aliphatic carbocycles. The van der Waals surface area contributed by atoms with Crippen LogP contribution in [0, 0.1) is 0 Å². The molecule has 0 N–H and O–H groups in total. The van der Waals surface area contributed by atoms with Gasteiger partial charge in [-0.25, -0.2) is 0 Å². The van der Waals surface area contributed by atoms with Crippen molar-refractivity contribution < 1.29 is 14.3 Å². The highest BCUT2D eigenvalue weighted by Gasteiger charge is 2.28. The summed E-state index contributed by atoms with van der Waals surface area (Å²) in [5.41, 5.74) is 0. The Morgan fingerprint density at radius 2 is 2.12 bits per heavy atom. The van der Waals surface area contributed by atoms with Gasteiger partial charge in [0.2, 0.25) is 5.91 Å². The Morgan fingerprint density at radius 3 is 2.62 bits per heavy atom. The Hall–Kier alpha value is -1.10. The van der Waals surface area contributed by atoms with Crippen LogP contribution >= 0.6 is 0 Å². The average Bonchev–Trinajstić information content (AvgIpc) is 2.66. The summed E-state index contributed by atoms with van der Waals surface area (Å²) in [5, 5.41) is 0. The lowest BCUT2D eigenvalue weighted by atomic mass is 10.2. The first-order valence-electron chi connectivity index (χ1n) is 5.64. The van der Waals surface area contributed by atoms with Crippen molar-refractivity contribution in [1.29, 1.82) is 0 Å². The molecule has 1 fully saturated rings. The Labute approximate surface area is 96.3 Å². The predicted molar refractivity (Wildman–Crippen MR) is 59.9 cm³/mol. The van der Waals surface area contributed by atoms with Crippen molar-refractivity contribution in [1.82, 2.24) is 9.80 Å². The van der Waals surface area contributed by atoms with Crippen molar-refractivity contribution in [2.45, 2.75) is 25.8 Å². The zero-order valence-corrected chi connectivity index (χ0v) is 10.2. The second-order valence-corrected chi connectivity index (χ2v) is 4.23. The Kier molecular flexibility index (Phi) is 4.73. The summed E-state index contributed by atoms with van der Waals surface area (Å²) in [6.07, 6.45) is 0.843. The zero-order chi connectivity index (χ0) is 12.1. The fraction of sp³-hybridized carbons (Fsp3) is 0.818. The standard InChI is InChI=1S/C11H20N2O3/c1-4-16-11(15)7-10(14)13-6-5-9(8-13)12(2)3/h9H,4-8H2,1-3H3. The minimum absolute atomic E-state index is 0.122. The topological polar surface area (TPSA) is 49.9 Å². The molecule has 0 spiro atoms. The van der Waals surface area contributed by atoms with Gasteiger partial charge in [0.25, 0.3) is 0 Å². The molecule has 16 heavy (non-hydrogen) atoms. The van der Waals surface area contributed by atoms with Crippen molar-refractivity contribution in [3.05, 3.63) is 0 Å². The van der Waals surface area contributed by atoms with E-state index in [1.165, 1.54) is 0 Å². The zero-order valence-electron chi connectivity index (χ0n) is 10.2. The molecule has 0 radical (unpaired) electrons. The summed E-state index contributed by atoms with van der Waals surface area (Å²) in [6.45, 7) is 3.51. The number of ether oxygens (including phenoxy) is 1. The number of nitrogens with zero attached hydrogens (tertiary/aromatic N) is 2. The van der Waals surface area contributed by atoms with E-state index in [0.717, 1.165) is 13.0 Å². The summed E-state index contributed by atoms with van der Waals surface area (Å²) in [5.74, 6) is -0.552. The summed E-state index contributed by atoms with van der Waals surface area (Å²) in [7, 11) is 4.01. The van der Waals surface area contributed by atoms with Crippen LogP contribution in [-0.2, 0) is 14.3 Å². The van der Waals surface area contributed by atoms with E-state index < -0.39 is 5.97 Å². The molecule has 0 aromatic heterocycles. The molecule has 5 heteroatoms. The Bertz CT molecular complexity index is 266. The highest BCUT2D eigenvalue weighted by molar-refractivity contribution is 5.94. The fourth-order valence-corrected chi connectivity index (χ4v) is 1.84. The molecule has 1 saturated heterocycles. The van der Waals surface area contributed by atoms with Gasteiger partial charge in [0.1, 0.15) is 6.42 Å². The van der Waals surface area contributed by atoms with Gasteiger partial charge in [0, 0.05) is 19.1 Å². The van der Waals surface area contributed by atoms with Gasteiger partial charge in [-0.05, 0) is 27.4 Å². The van der Waals surface area contributed by atoms with Crippen molar-refractivity contribution in [3.8, 4) is 0 Å². The van der Waals surface area contributed by atoms with Crippen molar-refractivity contribution in [3.63, 3.8) is 0 Å². The van der Waals surface area contributed by atoms with Gasteiger partial charge >= 0.3 is 5.97 Å². The molecule has 1 rings (SSSR count). The third-order valence-corrected chi connectivity index (χ3v) is 2.85. The van der Waals surface area contributed by atoms with Crippen LogP contribution in [0.1, 0.15) is 19.8 Å². The quantitative estimate of drug-likeness (QED) is 0.506. The number of amides is 1. The smallest absolute Gasteiger partial charge is 0.315 e. The predicted octanol–water partition coefficient (Wildman–Crippen LogP) is 0.102. The number of rotatable bonds is 4. The monoisotopic (exact) mass is 228 g/mol. The summed E-state index contributed by atoms with van der Waals surface area (Å²) in [6, 6.07) is 0.408. The summed E-state index contributed by atoms with van der Waals surface area (Å²) >= 11 is 0. The molecule has 1 heterocycles. The van der Waals surface area contributed by atoms with Gasteiger partial charge in [0.05, 0.1) is 6.61 Å². The van der Waals surface area contributed by atoms with E-state index in [2.05, 4.69) is 4.90 Å². The maximum atomic E-state index is 11.7. The summed E-state index contributed by atoms with van der Waals surface area (Å²) < 4.78 is 4.75. The van der Waals surface area contributed by atoms with Crippen LogP contribution in [0.5, 0.6) is 0 Å². The maximum Gasteiger partial charge on any atom is 0.315 e. The first-order valence-corrected chi connectivity index (χ1v) is 5.64. The van der Waals surface area contributed by atoms with Gasteiger partial charge in [-0.15, -0.1) is 0 Å². The third-order valence-electron chi connectivity index (χ3n) is 2.85. The minimum Gasteiger partial charge on any atom is -0.466 e. The van der Waals surface area contributed by atoms with E-state index >= 15 is 0 Å². The molecule has 5 nitrogen and oxygen atoms in total. The van der Waals surface area contributed by atoms with Gasteiger partial charge in [-0.3, -0.25) is 9.59 Å². The van der Waals surface area contributed by atoms with Gasteiger partial charge in [-0.2, -0.15) is 0 Å². The number of carbonyl (C=O) groups is 2. The second-order valence-electron chi connectivity index (χ2n) is 4.23. The number of carbonyl (C=O) groups excluding carboxylic acids is 2.